The first-order chi connectivity index (χ1) is 14.8. The lowest BCUT2D eigenvalue weighted by Crippen LogP contribution is -2.28. The van der Waals surface area contributed by atoms with Crippen LogP contribution in [0.2, 0.25) is 5.02 Å². The number of amides is 1. The van der Waals surface area contributed by atoms with E-state index in [0.717, 1.165) is 17.7 Å². The van der Waals surface area contributed by atoms with Gasteiger partial charge in [0.2, 0.25) is 10.0 Å². The molecule has 1 amide bonds. The van der Waals surface area contributed by atoms with Crippen LogP contribution >= 0.6 is 23.4 Å². The Balaban J connectivity index is 1.44. The Bertz CT molecular complexity index is 1020. The van der Waals surface area contributed by atoms with Crippen molar-refractivity contribution in [2.45, 2.75) is 29.1 Å². The smallest absolute Gasteiger partial charge is 0.307 e. The highest BCUT2D eigenvalue weighted by atomic mass is 35.5. The van der Waals surface area contributed by atoms with Crippen LogP contribution in [0.1, 0.15) is 19.3 Å². The third kappa shape index (κ3) is 6.96. The molecule has 3 rings (SSSR count). The van der Waals surface area contributed by atoms with Gasteiger partial charge in [0.1, 0.15) is 0 Å². The monoisotopic (exact) mass is 482 g/mol. The zero-order chi connectivity index (χ0) is 22.3. The maximum absolute atomic E-state index is 12.6. The highest BCUT2D eigenvalue weighted by Crippen LogP contribution is 2.23. The van der Waals surface area contributed by atoms with Gasteiger partial charge in [-0.3, -0.25) is 9.59 Å². The van der Waals surface area contributed by atoms with E-state index in [-0.39, 0.29) is 11.3 Å². The summed E-state index contributed by atoms with van der Waals surface area (Å²) < 4.78 is 31.7. The van der Waals surface area contributed by atoms with Gasteiger partial charge in [0.05, 0.1) is 11.3 Å². The highest BCUT2D eigenvalue weighted by Gasteiger charge is 2.27. The van der Waals surface area contributed by atoms with Gasteiger partial charge in [0.15, 0.2) is 6.61 Å². The predicted molar refractivity (Wildman–Crippen MR) is 121 cm³/mol. The van der Waals surface area contributed by atoms with Crippen molar-refractivity contribution >= 4 is 50.9 Å². The van der Waals surface area contributed by atoms with Gasteiger partial charge in [0.25, 0.3) is 5.91 Å². The van der Waals surface area contributed by atoms with E-state index in [1.807, 2.05) is 12.1 Å². The minimum Gasteiger partial charge on any atom is -0.456 e. The number of rotatable bonds is 9. The van der Waals surface area contributed by atoms with E-state index in [9.17, 15) is 18.0 Å². The molecule has 0 bridgehead atoms. The van der Waals surface area contributed by atoms with Crippen molar-refractivity contribution in [3.63, 3.8) is 0 Å². The zero-order valence-corrected chi connectivity index (χ0v) is 19.1. The lowest BCUT2D eigenvalue weighted by molar-refractivity contribution is -0.146. The third-order valence-corrected chi connectivity index (χ3v) is 7.73. The van der Waals surface area contributed by atoms with E-state index in [1.165, 1.54) is 28.2 Å². The number of nitrogens with zero attached hydrogens (tertiary/aromatic N) is 1. The Morgan fingerprint density at radius 2 is 1.81 bits per heavy atom. The van der Waals surface area contributed by atoms with E-state index in [4.69, 9.17) is 16.3 Å². The fourth-order valence-corrected chi connectivity index (χ4v) is 5.53. The molecule has 1 fully saturated rings. The summed E-state index contributed by atoms with van der Waals surface area (Å²) in [5.41, 5.74) is 0.333. The molecule has 0 unspecified atom stereocenters. The number of thioether (sulfide) groups is 1. The molecule has 0 atom stereocenters. The molecule has 2 aromatic carbocycles. The van der Waals surface area contributed by atoms with Crippen molar-refractivity contribution in [1.29, 1.82) is 0 Å². The van der Waals surface area contributed by atoms with Crippen molar-refractivity contribution in [3.05, 3.63) is 53.6 Å². The molecule has 0 spiro atoms. The third-order valence-electron chi connectivity index (χ3n) is 4.57. The molecule has 0 aliphatic carbocycles. The number of carbonyl (C=O) groups is 2. The lowest BCUT2D eigenvalue weighted by Gasteiger charge is -2.16. The maximum atomic E-state index is 12.6. The van der Waals surface area contributed by atoms with Gasteiger partial charge in [-0.2, -0.15) is 4.31 Å². The molecule has 10 heteroatoms. The summed E-state index contributed by atoms with van der Waals surface area (Å²) in [6.07, 6.45) is 1.85. The predicted octanol–water partition coefficient (Wildman–Crippen LogP) is 3.79. The summed E-state index contributed by atoms with van der Waals surface area (Å²) in [6.45, 7) is 0.573. The Kier molecular flexibility index (Phi) is 8.36. The van der Waals surface area contributed by atoms with Gasteiger partial charge in [-0.05, 0) is 55.3 Å². The fraction of sp³-hybridized carbons (Fsp3) is 0.333. The second-order valence-corrected chi connectivity index (χ2v) is 10.4. The molecule has 1 aliphatic rings. The minimum absolute atomic E-state index is 0.128. The van der Waals surface area contributed by atoms with Crippen molar-refractivity contribution in [3.8, 4) is 0 Å². The number of sulfonamides is 1. The van der Waals surface area contributed by atoms with Crippen LogP contribution in [-0.4, -0.2) is 50.0 Å². The molecule has 1 N–H and O–H groups in total. The summed E-state index contributed by atoms with van der Waals surface area (Å²) in [5, 5.41) is 3.22. The molecular weight excluding hydrogens is 460 g/mol. The molecule has 1 saturated heterocycles. The second-order valence-electron chi connectivity index (χ2n) is 6.90. The van der Waals surface area contributed by atoms with Crippen molar-refractivity contribution in [2.75, 3.05) is 30.8 Å². The van der Waals surface area contributed by atoms with E-state index in [1.54, 1.807) is 24.3 Å². The minimum atomic E-state index is -3.57. The number of hydrogen-bond acceptors (Lipinski definition) is 6. The highest BCUT2D eigenvalue weighted by molar-refractivity contribution is 7.99. The molecule has 1 aliphatic heterocycles. The summed E-state index contributed by atoms with van der Waals surface area (Å²) in [6, 6.07) is 13.4. The van der Waals surface area contributed by atoms with Gasteiger partial charge in [0, 0.05) is 34.4 Å². The number of halogens is 1. The maximum Gasteiger partial charge on any atom is 0.307 e. The number of ether oxygens (including phenoxy) is 1. The molecule has 7 nitrogen and oxygen atoms in total. The van der Waals surface area contributed by atoms with Crippen molar-refractivity contribution in [2.24, 2.45) is 0 Å². The van der Waals surface area contributed by atoms with Gasteiger partial charge in [-0.1, -0.05) is 17.7 Å². The summed E-state index contributed by atoms with van der Waals surface area (Å²) in [4.78, 5) is 25.1. The molecule has 2 aromatic rings. The number of carbonyl (C=O) groups excluding carboxylic acids is 2. The average molecular weight is 483 g/mol. The first-order valence-corrected chi connectivity index (χ1v) is 12.6. The topological polar surface area (TPSA) is 92.8 Å². The van der Waals surface area contributed by atoms with E-state index < -0.39 is 28.5 Å². The molecular formula is C21H23ClN2O5S2. The number of nitrogens with one attached hydrogen (secondary N) is 1. The van der Waals surface area contributed by atoms with Gasteiger partial charge < -0.3 is 10.1 Å². The molecule has 31 heavy (non-hydrogen) atoms. The molecule has 166 valence electrons. The van der Waals surface area contributed by atoms with Gasteiger partial charge in [-0.25, -0.2) is 8.42 Å². The average Bonchev–Trinajstić information content (AvgIpc) is 3.30. The number of hydrogen-bond donors (Lipinski definition) is 1. The first-order valence-electron chi connectivity index (χ1n) is 9.79. The van der Waals surface area contributed by atoms with Gasteiger partial charge in [-0.15, -0.1) is 11.8 Å². The summed E-state index contributed by atoms with van der Waals surface area (Å²) in [5.74, 6) is -0.505. The van der Waals surface area contributed by atoms with Crippen LogP contribution < -0.4 is 5.32 Å². The molecule has 1 heterocycles. The van der Waals surface area contributed by atoms with Crippen LogP contribution in [0, 0.1) is 0 Å². The largest absolute Gasteiger partial charge is 0.456 e. The molecule has 0 radical (unpaired) electrons. The molecule has 0 saturated carbocycles. The number of esters is 1. The van der Waals surface area contributed by atoms with Crippen LogP contribution in [-0.2, 0) is 24.3 Å². The van der Waals surface area contributed by atoms with Crippen molar-refractivity contribution in [1.82, 2.24) is 4.31 Å². The van der Waals surface area contributed by atoms with Crippen LogP contribution in [0.25, 0.3) is 0 Å². The van der Waals surface area contributed by atoms with E-state index in [2.05, 4.69) is 5.32 Å². The number of anilines is 1. The summed E-state index contributed by atoms with van der Waals surface area (Å²) >= 11 is 7.32. The van der Waals surface area contributed by atoms with Gasteiger partial charge >= 0.3 is 5.97 Å². The van der Waals surface area contributed by atoms with Crippen LogP contribution in [0.4, 0.5) is 5.69 Å². The van der Waals surface area contributed by atoms with E-state index >= 15 is 0 Å². The van der Waals surface area contributed by atoms with E-state index in [0.29, 0.717) is 29.6 Å². The Morgan fingerprint density at radius 1 is 1.10 bits per heavy atom. The lowest BCUT2D eigenvalue weighted by atomic mass is 10.3. The summed E-state index contributed by atoms with van der Waals surface area (Å²) in [7, 11) is -3.57. The molecule has 0 aromatic heterocycles. The SMILES string of the molecule is O=C(COC(=O)CCSc1ccc(Cl)cc1)Nc1cccc(S(=O)(=O)N2CCCC2)c1. The van der Waals surface area contributed by atoms with Crippen LogP contribution in [0.15, 0.2) is 58.3 Å². The fourth-order valence-electron chi connectivity index (χ4n) is 3.01. The zero-order valence-electron chi connectivity index (χ0n) is 16.8. The quantitative estimate of drug-likeness (QED) is 0.432. The van der Waals surface area contributed by atoms with Crippen molar-refractivity contribution < 1.29 is 22.7 Å². The Morgan fingerprint density at radius 3 is 2.52 bits per heavy atom. The second kappa shape index (κ2) is 11.0. The first kappa shape index (κ1) is 23.6. The normalized spacial score (nSPS) is 14.4. The van der Waals surface area contributed by atoms with Crippen LogP contribution in [0.5, 0.6) is 0 Å². The van der Waals surface area contributed by atoms with Crippen LogP contribution in [0.3, 0.4) is 0 Å². The Labute approximate surface area is 191 Å². The standard InChI is InChI=1S/C21H23ClN2O5S2/c22-16-6-8-18(9-7-16)30-13-10-21(26)29-15-20(25)23-17-4-3-5-19(14-17)31(27,28)24-11-1-2-12-24/h3-9,14H,1-2,10-13,15H2,(H,23,25). The number of benzene rings is 2. The Hall–Kier alpha value is -2.07.